The zero-order valence-corrected chi connectivity index (χ0v) is 15.2. The Bertz CT molecular complexity index is 665. The Morgan fingerprint density at radius 3 is 2.44 bits per heavy atom. The molecule has 0 atom stereocenters. The van der Waals surface area contributed by atoms with E-state index in [1.807, 2.05) is 0 Å². The third-order valence-electron chi connectivity index (χ3n) is 5.29. The Kier molecular flexibility index (Phi) is 5.61. The lowest BCUT2D eigenvalue weighted by molar-refractivity contribution is 0.227. The molecule has 0 spiro atoms. The third-order valence-corrected chi connectivity index (χ3v) is 5.29. The van der Waals surface area contributed by atoms with E-state index in [4.69, 9.17) is 10.3 Å². The molecule has 1 saturated heterocycles. The van der Waals surface area contributed by atoms with Crippen LogP contribution < -0.4 is 10.6 Å². The Morgan fingerprint density at radius 2 is 1.80 bits per heavy atom. The minimum atomic E-state index is -0.330. The zero-order chi connectivity index (χ0) is 16.4. The Balaban J connectivity index is 0.00000182. The van der Waals surface area contributed by atoms with Gasteiger partial charge in [0.1, 0.15) is 0 Å². The summed E-state index contributed by atoms with van der Waals surface area (Å²) in [5, 5.41) is 4.09. The first-order valence-electron chi connectivity index (χ1n) is 8.87. The molecule has 2 N–H and O–H groups in total. The minimum absolute atomic E-state index is 0. The highest BCUT2D eigenvalue weighted by Gasteiger charge is 2.38. The highest BCUT2D eigenvalue weighted by Crippen LogP contribution is 2.36. The summed E-state index contributed by atoms with van der Waals surface area (Å²) in [4.78, 5) is 9.41. The lowest BCUT2D eigenvalue weighted by Gasteiger charge is -2.36. The summed E-state index contributed by atoms with van der Waals surface area (Å²) in [7, 11) is 0. The molecule has 1 aromatic carbocycles. The molecule has 1 aliphatic carbocycles. The smallest absolute Gasteiger partial charge is 0.228 e. The van der Waals surface area contributed by atoms with E-state index in [1.54, 1.807) is 0 Å². The van der Waals surface area contributed by atoms with Crippen molar-refractivity contribution in [1.82, 2.24) is 15.0 Å². The fourth-order valence-electron chi connectivity index (χ4n) is 3.46. The van der Waals surface area contributed by atoms with E-state index in [0.717, 1.165) is 58.4 Å². The molecule has 2 fully saturated rings. The van der Waals surface area contributed by atoms with Gasteiger partial charge in [0.25, 0.3) is 0 Å². The summed E-state index contributed by atoms with van der Waals surface area (Å²) >= 11 is 0. The summed E-state index contributed by atoms with van der Waals surface area (Å²) in [5.41, 5.74) is 7.23. The number of anilines is 1. The van der Waals surface area contributed by atoms with Crippen molar-refractivity contribution in [3.8, 4) is 0 Å². The van der Waals surface area contributed by atoms with Crippen molar-refractivity contribution in [3.05, 3.63) is 42.0 Å². The number of halogens is 1. The molecule has 0 amide bonds. The van der Waals surface area contributed by atoms with Crippen LogP contribution in [0.1, 0.15) is 31.0 Å². The van der Waals surface area contributed by atoms with E-state index in [2.05, 4.69) is 50.3 Å². The summed E-state index contributed by atoms with van der Waals surface area (Å²) in [6.07, 6.45) is 3.89. The van der Waals surface area contributed by atoms with Crippen LogP contribution >= 0.6 is 12.4 Å². The molecule has 6 nitrogen and oxygen atoms in total. The second kappa shape index (κ2) is 7.72. The van der Waals surface area contributed by atoms with E-state index in [0.29, 0.717) is 11.7 Å². The molecule has 2 aliphatic rings. The third kappa shape index (κ3) is 3.97. The van der Waals surface area contributed by atoms with Crippen molar-refractivity contribution in [2.75, 3.05) is 37.6 Å². The Morgan fingerprint density at radius 1 is 1.08 bits per heavy atom. The number of nitrogens with two attached hydrogens (primary N) is 1. The van der Waals surface area contributed by atoms with Crippen LogP contribution in [-0.4, -0.2) is 47.8 Å². The van der Waals surface area contributed by atoms with Crippen molar-refractivity contribution in [2.45, 2.75) is 31.2 Å². The fraction of sp³-hybridized carbons (Fsp3) is 0.556. The topological polar surface area (TPSA) is 71.4 Å². The number of para-hydroxylation sites is 1. The largest absolute Gasteiger partial charge is 0.369 e. The van der Waals surface area contributed by atoms with Crippen molar-refractivity contribution in [1.29, 1.82) is 0 Å². The summed E-state index contributed by atoms with van der Waals surface area (Å²) in [6, 6.07) is 10.6. The van der Waals surface area contributed by atoms with Gasteiger partial charge < -0.3 is 15.2 Å². The molecular formula is C18H26ClN5O. The van der Waals surface area contributed by atoms with Crippen LogP contribution in [0.3, 0.4) is 0 Å². The molecule has 7 heteroatoms. The normalized spacial score (nSPS) is 20.0. The van der Waals surface area contributed by atoms with Crippen molar-refractivity contribution in [3.63, 3.8) is 0 Å². The van der Waals surface area contributed by atoms with Gasteiger partial charge in [0.2, 0.25) is 5.89 Å². The van der Waals surface area contributed by atoms with Gasteiger partial charge in [-0.2, -0.15) is 4.98 Å². The van der Waals surface area contributed by atoms with Gasteiger partial charge >= 0.3 is 0 Å². The molecule has 4 rings (SSSR count). The molecule has 25 heavy (non-hydrogen) atoms. The number of hydrogen-bond donors (Lipinski definition) is 1. The average Bonchev–Trinajstić information content (AvgIpc) is 3.08. The molecule has 0 unspecified atom stereocenters. The van der Waals surface area contributed by atoms with Gasteiger partial charge in [0.15, 0.2) is 5.82 Å². The van der Waals surface area contributed by atoms with Gasteiger partial charge in [0, 0.05) is 44.8 Å². The molecule has 0 radical (unpaired) electrons. The van der Waals surface area contributed by atoms with Gasteiger partial charge in [-0.25, -0.2) is 0 Å². The number of rotatable bonds is 5. The van der Waals surface area contributed by atoms with E-state index < -0.39 is 0 Å². The van der Waals surface area contributed by atoms with Crippen LogP contribution in [0.5, 0.6) is 0 Å². The monoisotopic (exact) mass is 363 g/mol. The van der Waals surface area contributed by atoms with Crippen LogP contribution in [0.25, 0.3) is 0 Å². The summed E-state index contributed by atoms with van der Waals surface area (Å²) < 4.78 is 5.39. The predicted octanol–water partition coefficient (Wildman–Crippen LogP) is 2.19. The van der Waals surface area contributed by atoms with Gasteiger partial charge in [-0.1, -0.05) is 23.4 Å². The average molecular weight is 364 g/mol. The molecule has 0 bridgehead atoms. The van der Waals surface area contributed by atoms with E-state index in [9.17, 15) is 0 Å². The molecule has 1 saturated carbocycles. The van der Waals surface area contributed by atoms with Crippen molar-refractivity contribution in [2.24, 2.45) is 5.73 Å². The number of nitrogens with zero attached hydrogens (tertiary/aromatic N) is 4. The number of piperazine rings is 1. The first-order valence-corrected chi connectivity index (χ1v) is 8.87. The van der Waals surface area contributed by atoms with Crippen LogP contribution in [0.2, 0.25) is 0 Å². The van der Waals surface area contributed by atoms with Crippen molar-refractivity contribution >= 4 is 18.1 Å². The van der Waals surface area contributed by atoms with Crippen LogP contribution in [0, 0.1) is 0 Å². The fourth-order valence-corrected chi connectivity index (χ4v) is 3.46. The summed E-state index contributed by atoms with van der Waals surface area (Å²) in [6.45, 7) is 5.21. The second-order valence-electron chi connectivity index (χ2n) is 6.94. The quantitative estimate of drug-likeness (QED) is 0.878. The lowest BCUT2D eigenvalue weighted by Crippen LogP contribution is -2.47. The second-order valence-corrected chi connectivity index (χ2v) is 6.94. The van der Waals surface area contributed by atoms with Crippen LogP contribution in [0.15, 0.2) is 34.9 Å². The van der Waals surface area contributed by atoms with E-state index in [1.165, 1.54) is 5.69 Å². The van der Waals surface area contributed by atoms with Gasteiger partial charge in [-0.15, -0.1) is 12.4 Å². The molecule has 136 valence electrons. The maximum absolute atomic E-state index is 6.25. The number of benzene rings is 1. The van der Waals surface area contributed by atoms with Crippen molar-refractivity contribution < 1.29 is 4.52 Å². The lowest BCUT2D eigenvalue weighted by atomic mass is 9.77. The van der Waals surface area contributed by atoms with E-state index in [-0.39, 0.29) is 17.9 Å². The number of aromatic nitrogens is 2. The standard InChI is InChI=1S/C18H25N5O.ClH/c19-18(8-4-9-18)17-20-16(24-21-17)7-10-22-11-13-23(14-12-22)15-5-2-1-3-6-15;/h1-3,5-6H,4,7-14,19H2;1H. The SMILES string of the molecule is Cl.NC1(c2noc(CCN3CCN(c4ccccc4)CC3)n2)CCC1. The first kappa shape index (κ1) is 18.2. The Labute approximate surface area is 154 Å². The molecular weight excluding hydrogens is 338 g/mol. The zero-order valence-electron chi connectivity index (χ0n) is 14.4. The molecule has 1 aliphatic heterocycles. The van der Waals surface area contributed by atoms with E-state index >= 15 is 0 Å². The minimum Gasteiger partial charge on any atom is -0.369 e. The molecule has 2 aromatic rings. The van der Waals surface area contributed by atoms with Crippen LogP contribution in [0.4, 0.5) is 5.69 Å². The summed E-state index contributed by atoms with van der Waals surface area (Å²) in [5.74, 6) is 1.41. The first-order chi connectivity index (χ1) is 11.7. The molecule has 2 heterocycles. The van der Waals surface area contributed by atoms with Gasteiger partial charge in [-0.05, 0) is 31.4 Å². The van der Waals surface area contributed by atoms with Crippen LogP contribution in [-0.2, 0) is 12.0 Å². The highest BCUT2D eigenvalue weighted by atomic mass is 35.5. The highest BCUT2D eigenvalue weighted by molar-refractivity contribution is 5.85. The molecule has 1 aromatic heterocycles. The predicted molar refractivity (Wildman–Crippen MR) is 100 cm³/mol. The maximum Gasteiger partial charge on any atom is 0.228 e. The Hall–Kier alpha value is -1.63. The maximum atomic E-state index is 6.25. The van der Waals surface area contributed by atoms with Gasteiger partial charge in [-0.3, -0.25) is 4.90 Å². The van der Waals surface area contributed by atoms with Gasteiger partial charge in [0.05, 0.1) is 5.54 Å². The number of hydrogen-bond acceptors (Lipinski definition) is 6.